The summed E-state index contributed by atoms with van der Waals surface area (Å²) in [4.78, 5) is 0. The summed E-state index contributed by atoms with van der Waals surface area (Å²) in [6.45, 7) is 1.26. The molecule has 0 heterocycles. The molecule has 1 aromatic rings. The van der Waals surface area contributed by atoms with Crippen molar-refractivity contribution in [2.45, 2.75) is 19.5 Å². The molecule has 0 saturated carbocycles. The molecule has 0 spiro atoms. The van der Waals surface area contributed by atoms with Gasteiger partial charge in [-0.2, -0.15) is 13.2 Å². The lowest BCUT2D eigenvalue weighted by Gasteiger charge is -2.12. The topological polar surface area (TPSA) is 35.2 Å². The largest absolute Gasteiger partial charge is 0.493 e. The van der Waals surface area contributed by atoms with Gasteiger partial charge in [-0.3, -0.25) is 0 Å². The third-order valence-corrected chi connectivity index (χ3v) is 2.26. The predicted octanol–water partition coefficient (Wildman–Crippen LogP) is 3.56. The molecule has 16 heavy (non-hydrogen) atoms. The Hall–Kier alpha value is -1.10. The van der Waals surface area contributed by atoms with Gasteiger partial charge in [0, 0.05) is 6.07 Å². The van der Waals surface area contributed by atoms with Crippen LogP contribution in [0.4, 0.5) is 18.9 Å². The lowest BCUT2D eigenvalue weighted by molar-refractivity contribution is -0.139. The van der Waals surface area contributed by atoms with Gasteiger partial charge in [-0.1, -0.05) is 11.6 Å². The van der Waals surface area contributed by atoms with Crippen LogP contribution in [0.5, 0.6) is 5.75 Å². The van der Waals surface area contributed by atoms with Crippen LogP contribution in [0.15, 0.2) is 12.1 Å². The van der Waals surface area contributed by atoms with E-state index in [1.807, 2.05) is 0 Å². The van der Waals surface area contributed by atoms with Gasteiger partial charge in [-0.25, -0.2) is 0 Å². The van der Waals surface area contributed by atoms with Crippen LogP contribution in [0.2, 0.25) is 5.02 Å². The molecule has 1 rings (SSSR count). The van der Waals surface area contributed by atoms with E-state index in [-0.39, 0.29) is 5.02 Å². The molecule has 2 N–H and O–H groups in total. The monoisotopic (exact) mass is 253 g/mol. The summed E-state index contributed by atoms with van der Waals surface area (Å²) in [6, 6.07) is 2.98. The van der Waals surface area contributed by atoms with E-state index in [9.17, 15) is 13.2 Å². The van der Waals surface area contributed by atoms with Crippen molar-refractivity contribution < 1.29 is 17.9 Å². The molecule has 6 heteroatoms. The zero-order chi connectivity index (χ0) is 12.3. The molecule has 0 unspecified atom stereocenters. The molecule has 0 fully saturated rings. The molecule has 90 valence electrons. The van der Waals surface area contributed by atoms with Crippen LogP contribution < -0.4 is 10.5 Å². The summed E-state index contributed by atoms with van der Waals surface area (Å²) < 4.78 is 40.6. The number of halogens is 4. The van der Waals surface area contributed by atoms with Gasteiger partial charge in [0.25, 0.3) is 0 Å². The van der Waals surface area contributed by atoms with Crippen molar-refractivity contribution in [2.24, 2.45) is 0 Å². The molecule has 0 radical (unpaired) electrons. The average molecular weight is 254 g/mol. The normalized spacial score (nSPS) is 11.6. The standard InChI is InChI=1S/C10H11ClF3NO/c1-6-4-8(15)7(11)5-9(6)16-3-2-10(12,13)14/h4-5H,2-3,15H2,1H3. The van der Waals surface area contributed by atoms with E-state index in [4.69, 9.17) is 22.1 Å². The number of ether oxygens (including phenoxy) is 1. The molecular formula is C10H11ClF3NO. The summed E-state index contributed by atoms with van der Waals surface area (Å²) in [5.74, 6) is 0.323. The highest BCUT2D eigenvalue weighted by molar-refractivity contribution is 6.33. The Morgan fingerprint density at radius 2 is 2.00 bits per heavy atom. The van der Waals surface area contributed by atoms with Gasteiger partial charge in [0.2, 0.25) is 0 Å². The summed E-state index contributed by atoms with van der Waals surface area (Å²) in [6.07, 6.45) is -5.21. The molecule has 2 nitrogen and oxygen atoms in total. The van der Waals surface area contributed by atoms with Crippen LogP contribution in [0.1, 0.15) is 12.0 Å². The van der Waals surface area contributed by atoms with Gasteiger partial charge in [-0.15, -0.1) is 0 Å². The second-order valence-corrected chi connectivity index (χ2v) is 3.76. The number of anilines is 1. The van der Waals surface area contributed by atoms with Gasteiger partial charge >= 0.3 is 6.18 Å². The van der Waals surface area contributed by atoms with E-state index in [1.54, 1.807) is 13.0 Å². The first-order chi connectivity index (χ1) is 7.29. The van der Waals surface area contributed by atoms with E-state index >= 15 is 0 Å². The molecular weight excluding hydrogens is 243 g/mol. The maximum Gasteiger partial charge on any atom is 0.392 e. The number of hydrogen-bond donors (Lipinski definition) is 1. The summed E-state index contributed by atoms with van der Waals surface area (Å²) >= 11 is 5.73. The van der Waals surface area contributed by atoms with Gasteiger partial charge in [0.1, 0.15) is 5.75 Å². The summed E-state index contributed by atoms with van der Waals surface area (Å²) in [7, 11) is 0. The van der Waals surface area contributed by atoms with E-state index in [0.29, 0.717) is 17.0 Å². The lowest BCUT2D eigenvalue weighted by atomic mass is 10.2. The Labute approximate surface area is 96.1 Å². The smallest absolute Gasteiger partial charge is 0.392 e. The van der Waals surface area contributed by atoms with Crippen LogP contribution >= 0.6 is 11.6 Å². The minimum atomic E-state index is -4.22. The Bertz CT molecular complexity index is 379. The maximum absolute atomic E-state index is 11.9. The number of nitrogens with two attached hydrogens (primary N) is 1. The molecule has 0 bridgehead atoms. The van der Waals surface area contributed by atoms with Crippen molar-refractivity contribution in [2.75, 3.05) is 12.3 Å². The Morgan fingerprint density at radius 1 is 1.38 bits per heavy atom. The fourth-order valence-corrected chi connectivity index (χ4v) is 1.27. The third-order valence-electron chi connectivity index (χ3n) is 1.94. The highest BCUT2D eigenvalue weighted by atomic mass is 35.5. The number of aryl methyl sites for hydroxylation is 1. The summed E-state index contributed by atoms with van der Waals surface area (Å²) in [5.41, 5.74) is 6.55. The fourth-order valence-electron chi connectivity index (χ4n) is 1.12. The minimum Gasteiger partial charge on any atom is -0.493 e. The number of rotatable bonds is 3. The Kier molecular flexibility index (Phi) is 3.91. The van der Waals surface area contributed by atoms with Crippen LogP contribution in [0.25, 0.3) is 0 Å². The molecule has 0 aromatic heterocycles. The van der Waals surface area contributed by atoms with Crippen molar-refractivity contribution in [3.63, 3.8) is 0 Å². The van der Waals surface area contributed by atoms with Gasteiger partial charge < -0.3 is 10.5 Å². The van der Waals surface area contributed by atoms with E-state index < -0.39 is 19.2 Å². The molecule has 0 saturated heterocycles. The average Bonchev–Trinajstić information content (AvgIpc) is 2.11. The molecule has 0 amide bonds. The van der Waals surface area contributed by atoms with E-state index in [1.165, 1.54) is 6.07 Å². The number of hydrogen-bond acceptors (Lipinski definition) is 2. The number of benzene rings is 1. The number of nitrogen functional groups attached to an aromatic ring is 1. The van der Waals surface area contributed by atoms with Crippen LogP contribution in [0, 0.1) is 6.92 Å². The molecule has 1 aromatic carbocycles. The van der Waals surface area contributed by atoms with Gasteiger partial charge in [0.15, 0.2) is 0 Å². The second-order valence-electron chi connectivity index (χ2n) is 3.35. The maximum atomic E-state index is 11.9. The quantitative estimate of drug-likeness (QED) is 0.836. The number of alkyl halides is 3. The highest BCUT2D eigenvalue weighted by Crippen LogP contribution is 2.29. The first kappa shape index (κ1) is 13.0. The van der Waals surface area contributed by atoms with Gasteiger partial charge in [0.05, 0.1) is 23.7 Å². The van der Waals surface area contributed by atoms with Crippen LogP contribution in [-0.2, 0) is 0 Å². The SMILES string of the molecule is Cc1cc(N)c(Cl)cc1OCCC(F)(F)F. The third kappa shape index (κ3) is 3.81. The first-order valence-corrected chi connectivity index (χ1v) is 4.92. The van der Waals surface area contributed by atoms with Crippen molar-refractivity contribution in [1.29, 1.82) is 0 Å². The Morgan fingerprint density at radius 3 is 2.56 bits per heavy atom. The fraction of sp³-hybridized carbons (Fsp3) is 0.400. The van der Waals surface area contributed by atoms with Crippen LogP contribution in [0.3, 0.4) is 0 Å². The summed E-state index contributed by atoms with van der Waals surface area (Å²) in [5, 5.41) is 0.271. The minimum absolute atomic E-state index is 0.271. The first-order valence-electron chi connectivity index (χ1n) is 4.55. The molecule has 0 aliphatic rings. The van der Waals surface area contributed by atoms with E-state index in [2.05, 4.69) is 0 Å². The van der Waals surface area contributed by atoms with Gasteiger partial charge in [-0.05, 0) is 18.6 Å². The van der Waals surface area contributed by atoms with Crippen molar-refractivity contribution in [3.05, 3.63) is 22.7 Å². The second kappa shape index (κ2) is 4.82. The highest BCUT2D eigenvalue weighted by Gasteiger charge is 2.26. The Balaban J connectivity index is 2.64. The van der Waals surface area contributed by atoms with E-state index in [0.717, 1.165) is 0 Å². The zero-order valence-electron chi connectivity index (χ0n) is 8.57. The molecule has 0 aliphatic heterocycles. The predicted molar refractivity (Wildman–Crippen MR) is 56.8 cm³/mol. The lowest BCUT2D eigenvalue weighted by Crippen LogP contribution is -2.13. The van der Waals surface area contributed by atoms with Crippen molar-refractivity contribution >= 4 is 17.3 Å². The van der Waals surface area contributed by atoms with Crippen molar-refractivity contribution in [3.8, 4) is 5.75 Å². The zero-order valence-corrected chi connectivity index (χ0v) is 9.32. The van der Waals surface area contributed by atoms with Crippen molar-refractivity contribution in [1.82, 2.24) is 0 Å². The molecule has 0 atom stereocenters. The van der Waals surface area contributed by atoms with Crippen LogP contribution in [-0.4, -0.2) is 12.8 Å². The molecule has 0 aliphatic carbocycles.